The molecule has 1 N–H and O–H groups in total. The lowest BCUT2D eigenvalue weighted by Gasteiger charge is -2.10. The van der Waals surface area contributed by atoms with Crippen LogP contribution in [0.4, 0.5) is 0 Å². The van der Waals surface area contributed by atoms with Crippen molar-refractivity contribution in [3.63, 3.8) is 0 Å². The first kappa shape index (κ1) is 9.82. The van der Waals surface area contributed by atoms with Gasteiger partial charge in [-0.25, -0.2) is 0 Å². The molecule has 2 rings (SSSR count). The molecule has 76 valence electrons. The van der Waals surface area contributed by atoms with Crippen molar-refractivity contribution in [1.29, 1.82) is 0 Å². The van der Waals surface area contributed by atoms with Gasteiger partial charge >= 0.3 is 0 Å². The van der Waals surface area contributed by atoms with Crippen molar-refractivity contribution in [2.45, 2.75) is 24.2 Å². The summed E-state index contributed by atoms with van der Waals surface area (Å²) in [6.07, 6.45) is 1.68. The number of fused-ring (bicyclic) bond motifs is 1. The lowest BCUT2D eigenvalue weighted by molar-refractivity contribution is 0.0976. The molecule has 0 atom stereocenters. The Morgan fingerprint density at radius 3 is 2.71 bits per heavy atom. The average Bonchev–Trinajstić information content (AvgIpc) is 2.47. The molecule has 0 spiro atoms. The van der Waals surface area contributed by atoms with Gasteiger partial charge in [0.1, 0.15) is 4.90 Å². The molecule has 0 unspecified atom stereocenters. The molecular weight excluding hydrogens is 224 g/mol. The van der Waals surface area contributed by atoms with Gasteiger partial charge in [-0.15, -0.1) is 11.3 Å². The minimum absolute atomic E-state index is 0.0221. The first-order chi connectivity index (χ1) is 6.50. The fraction of sp³-hybridized carbons (Fsp3) is 0.375. The zero-order chi connectivity index (χ0) is 10.3. The zero-order valence-electron chi connectivity index (χ0n) is 7.19. The molecule has 1 aromatic heterocycles. The van der Waals surface area contributed by atoms with E-state index in [1.54, 1.807) is 0 Å². The van der Waals surface area contributed by atoms with Gasteiger partial charge in [-0.05, 0) is 18.4 Å². The Kier molecular flexibility index (Phi) is 2.21. The molecule has 1 aromatic rings. The van der Waals surface area contributed by atoms with Crippen LogP contribution in [0, 0.1) is 0 Å². The maximum absolute atomic E-state index is 11.4. The number of hydrogen-bond donors (Lipinski definition) is 1. The molecule has 0 fully saturated rings. The van der Waals surface area contributed by atoms with Crippen LogP contribution < -0.4 is 0 Å². The van der Waals surface area contributed by atoms with Gasteiger partial charge in [0, 0.05) is 11.8 Å². The van der Waals surface area contributed by atoms with Gasteiger partial charge in [0.2, 0.25) is 0 Å². The molecule has 1 heterocycles. The standard InChI is InChI=1S/C8H8O4S2/c9-6-3-1-2-5-7(14(10,11)12)4-13-8(5)6/h4H,1-3H2,(H,10,11,12). The van der Waals surface area contributed by atoms with Gasteiger partial charge < -0.3 is 0 Å². The second-order valence-corrected chi connectivity index (χ2v) is 5.43. The van der Waals surface area contributed by atoms with E-state index in [2.05, 4.69) is 0 Å². The van der Waals surface area contributed by atoms with E-state index in [0.29, 0.717) is 29.7 Å². The number of carbonyl (C=O) groups is 1. The highest BCUT2D eigenvalue weighted by Gasteiger charge is 2.26. The molecule has 1 aliphatic rings. The fourth-order valence-corrected chi connectivity index (χ4v) is 3.76. The van der Waals surface area contributed by atoms with E-state index in [4.69, 9.17) is 4.55 Å². The topological polar surface area (TPSA) is 71.4 Å². The first-order valence-electron chi connectivity index (χ1n) is 4.11. The van der Waals surface area contributed by atoms with E-state index in [1.807, 2.05) is 0 Å². The summed E-state index contributed by atoms with van der Waals surface area (Å²) in [5, 5.41) is 1.34. The maximum Gasteiger partial charge on any atom is 0.295 e. The summed E-state index contributed by atoms with van der Waals surface area (Å²) < 4.78 is 30.7. The van der Waals surface area contributed by atoms with Gasteiger partial charge in [0.25, 0.3) is 10.1 Å². The van der Waals surface area contributed by atoms with Crippen molar-refractivity contribution < 1.29 is 17.8 Å². The molecule has 0 aliphatic heterocycles. The van der Waals surface area contributed by atoms with Gasteiger partial charge in [-0.1, -0.05) is 0 Å². The van der Waals surface area contributed by atoms with Crippen molar-refractivity contribution in [1.82, 2.24) is 0 Å². The van der Waals surface area contributed by atoms with E-state index >= 15 is 0 Å². The van der Waals surface area contributed by atoms with Gasteiger partial charge in [0.05, 0.1) is 4.88 Å². The maximum atomic E-state index is 11.4. The molecule has 0 radical (unpaired) electrons. The summed E-state index contributed by atoms with van der Waals surface area (Å²) in [6, 6.07) is 0. The summed E-state index contributed by atoms with van der Waals surface area (Å²) in [7, 11) is -4.17. The molecule has 0 amide bonds. The van der Waals surface area contributed by atoms with Crippen LogP contribution in [-0.2, 0) is 16.5 Å². The number of rotatable bonds is 1. The molecule has 14 heavy (non-hydrogen) atoms. The third-order valence-corrected chi connectivity index (χ3v) is 4.35. The van der Waals surface area contributed by atoms with Crippen molar-refractivity contribution in [2.75, 3.05) is 0 Å². The minimum atomic E-state index is -4.17. The van der Waals surface area contributed by atoms with E-state index in [1.165, 1.54) is 5.38 Å². The quantitative estimate of drug-likeness (QED) is 0.745. The Bertz CT molecular complexity index is 483. The van der Waals surface area contributed by atoms with Gasteiger partial charge in [0.15, 0.2) is 5.78 Å². The Labute approximate surface area is 85.3 Å². The van der Waals surface area contributed by atoms with Crippen LogP contribution in [0.15, 0.2) is 10.3 Å². The Hall–Kier alpha value is -0.720. The smallest absolute Gasteiger partial charge is 0.293 e. The predicted molar refractivity (Wildman–Crippen MR) is 51.4 cm³/mol. The summed E-state index contributed by atoms with van der Waals surface area (Å²) in [6.45, 7) is 0. The van der Waals surface area contributed by atoms with E-state index in [-0.39, 0.29) is 10.7 Å². The second-order valence-electron chi connectivity index (χ2n) is 3.16. The van der Waals surface area contributed by atoms with Gasteiger partial charge in [-0.3, -0.25) is 9.35 Å². The van der Waals surface area contributed by atoms with Crippen molar-refractivity contribution >= 4 is 27.2 Å². The molecular formula is C8H8O4S2. The fourth-order valence-electron chi connectivity index (χ4n) is 1.59. The van der Waals surface area contributed by atoms with Crippen LogP contribution in [-0.4, -0.2) is 18.8 Å². The predicted octanol–water partition coefficient (Wildman–Crippen LogP) is 1.51. The number of carbonyl (C=O) groups excluding carboxylic acids is 1. The third kappa shape index (κ3) is 1.49. The van der Waals surface area contributed by atoms with E-state index in [9.17, 15) is 13.2 Å². The monoisotopic (exact) mass is 232 g/mol. The SMILES string of the molecule is O=C1CCCc2c(S(=O)(=O)O)csc21. The summed E-state index contributed by atoms with van der Waals surface area (Å²) in [5.41, 5.74) is 0.494. The van der Waals surface area contributed by atoms with Crippen LogP contribution in [0.25, 0.3) is 0 Å². The average molecular weight is 232 g/mol. The molecule has 0 saturated carbocycles. The highest BCUT2D eigenvalue weighted by Crippen LogP contribution is 2.32. The summed E-state index contributed by atoms with van der Waals surface area (Å²) in [4.78, 5) is 11.8. The first-order valence-corrected chi connectivity index (χ1v) is 6.43. The lowest BCUT2D eigenvalue weighted by Crippen LogP contribution is -2.10. The highest BCUT2D eigenvalue weighted by atomic mass is 32.2. The summed E-state index contributed by atoms with van der Waals surface area (Å²) in [5.74, 6) is -0.0221. The second kappa shape index (κ2) is 3.15. The molecule has 0 bridgehead atoms. The number of ketones is 1. The minimum Gasteiger partial charge on any atom is -0.293 e. The van der Waals surface area contributed by atoms with Crippen LogP contribution in [0.3, 0.4) is 0 Å². The van der Waals surface area contributed by atoms with Crippen LogP contribution >= 0.6 is 11.3 Å². The Morgan fingerprint density at radius 1 is 1.36 bits per heavy atom. The molecule has 6 heteroatoms. The van der Waals surface area contributed by atoms with Crippen molar-refractivity contribution in [2.24, 2.45) is 0 Å². The number of thiophene rings is 1. The normalized spacial score (nSPS) is 16.8. The highest BCUT2D eigenvalue weighted by molar-refractivity contribution is 7.86. The van der Waals surface area contributed by atoms with E-state index < -0.39 is 10.1 Å². The van der Waals surface area contributed by atoms with E-state index in [0.717, 1.165) is 11.3 Å². The Morgan fingerprint density at radius 2 is 2.07 bits per heavy atom. The number of Topliss-reactive ketones (excluding diaryl/α,β-unsaturated/α-hetero) is 1. The molecule has 0 aromatic carbocycles. The Balaban J connectivity index is 2.63. The van der Waals surface area contributed by atoms with Crippen LogP contribution in [0.2, 0.25) is 0 Å². The van der Waals surface area contributed by atoms with Gasteiger partial charge in [-0.2, -0.15) is 8.42 Å². The summed E-state index contributed by atoms with van der Waals surface area (Å²) >= 11 is 1.10. The lowest BCUT2D eigenvalue weighted by atomic mass is 9.98. The van der Waals surface area contributed by atoms with Crippen molar-refractivity contribution in [3.8, 4) is 0 Å². The third-order valence-electron chi connectivity index (χ3n) is 2.22. The molecule has 1 aliphatic carbocycles. The van der Waals surface area contributed by atoms with Crippen LogP contribution in [0.5, 0.6) is 0 Å². The van der Waals surface area contributed by atoms with Crippen molar-refractivity contribution in [3.05, 3.63) is 15.8 Å². The molecule has 4 nitrogen and oxygen atoms in total. The molecule has 0 saturated heterocycles. The zero-order valence-corrected chi connectivity index (χ0v) is 8.82. The number of hydrogen-bond acceptors (Lipinski definition) is 4. The largest absolute Gasteiger partial charge is 0.295 e. The van der Waals surface area contributed by atoms with Crippen LogP contribution in [0.1, 0.15) is 28.1 Å².